The lowest BCUT2D eigenvalue weighted by Gasteiger charge is -2.10. The van der Waals surface area contributed by atoms with Gasteiger partial charge in [0.1, 0.15) is 22.8 Å². The van der Waals surface area contributed by atoms with Crippen molar-refractivity contribution in [2.75, 3.05) is 10.6 Å². The van der Waals surface area contributed by atoms with Gasteiger partial charge in [-0.05, 0) is 129 Å². The highest BCUT2D eigenvalue weighted by atomic mass is 16.2. The average molecular weight is 725 g/mol. The molecule has 0 spiro atoms. The molecule has 0 saturated heterocycles. The summed E-state index contributed by atoms with van der Waals surface area (Å²) < 4.78 is 4.23. The van der Waals surface area contributed by atoms with Gasteiger partial charge < -0.3 is 19.8 Å². The number of hydrogen-bond acceptors (Lipinski definition) is 6. The summed E-state index contributed by atoms with van der Waals surface area (Å²) in [6.45, 7) is 9.72. The Morgan fingerprint density at radius 3 is 1.35 bits per heavy atom. The van der Waals surface area contributed by atoms with Crippen molar-refractivity contribution in [3.8, 4) is 23.0 Å². The average Bonchev–Trinajstić information content (AvgIpc) is 3.76. The van der Waals surface area contributed by atoms with E-state index in [-0.39, 0.29) is 11.8 Å². The number of aryl methyl sites for hydroxylation is 4. The van der Waals surface area contributed by atoms with E-state index in [9.17, 15) is 9.59 Å². The highest BCUT2D eigenvalue weighted by molar-refractivity contribution is 6.04. The maximum atomic E-state index is 13.3. The molecule has 0 radical (unpaired) electrons. The number of hydrogen-bond donors (Lipinski definition) is 2. The van der Waals surface area contributed by atoms with E-state index in [1.165, 1.54) is 0 Å². The zero-order valence-corrected chi connectivity index (χ0v) is 31.2. The van der Waals surface area contributed by atoms with Crippen LogP contribution in [0.5, 0.6) is 0 Å². The van der Waals surface area contributed by atoms with Crippen LogP contribution in [-0.2, 0) is 19.5 Å². The largest absolute Gasteiger partial charge is 0.323 e. The number of carbonyl (C=O) groups excluding carboxylic acids is 2. The van der Waals surface area contributed by atoms with Crippen molar-refractivity contribution in [2.24, 2.45) is 0 Å². The number of pyridine rings is 2. The number of benzene rings is 4. The summed E-state index contributed by atoms with van der Waals surface area (Å²) in [6.07, 6.45) is 0.686. The summed E-state index contributed by atoms with van der Waals surface area (Å²) in [5, 5.41) is 5.95. The van der Waals surface area contributed by atoms with E-state index in [1.807, 2.05) is 86.6 Å². The number of amides is 2. The summed E-state index contributed by atoms with van der Waals surface area (Å²) in [5.41, 5.74) is 11.6. The van der Waals surface area contributed by atoms with E-state index in [0.717, 1.165) is 69.1 Å². The summed E-state index contributed by atoms with van der Waals surface area (Å²) in [7, 11) is 0. The summed E-state index contributed by atoms with van der Waals surface area (Å²) >= 11 is 0. The van der Waals surface area contributed by atoms with Crippen molar-refractivity contribution in [1.29, 1.82) is 0 Å². The molecule has 272 valence electrons. The smallest absolute Gasteiger partial charge is 0.274 e. The van der Waals surface area contributed by atoms with Crippen molar-refractivity contribution in [3.63, 3.8) is 0 Å². The minimum Gasteiger partial charge on any atom is -0.323 e. The number of carbonyl (C=O) groups is 2. The van der Waals surface area contributed by atoms with Gasteiger partial charge in [0, 0.05) is 24.5 Å². The van der Waals surface area contributed by atoms with Gasteiger partial charge in [-0.15, -0.1) is 0 Å². The molecule has 0 aliphatic rings. The molecule has 0 aliphatic heterocycles. The van der Waals surface area contributed by atoms with Crippen LogP contribution < -0.4 is 10.6 Å². The minimum absolute atomic E-state index is 0.292. The zero-order valence-electron chi connectivity index (χ0n) is 31.2. The second-order valence-electron chi connectivity index (χ2n) is 13.6. The fraction of sp³-hybridized carbons (Fsp3) is 0.156. The van der Waals surface area contributed by atoms with Crippen molar-refractivity contribution in [1.82, 2.24) is 29.1 Å². The molecule has 0 saturated carbocycles. The van der Waals surface area contributed by atoms with Crippen LogP contribution in [0, 0.1) is 13.8 Å². The first-order valence-electron chi connectivity index (χ1n) is 18.5. The number of nitrogens with one attached hydrogen (secondary N) is 2. The van der Waals surface area contributed by atoms with Gasteiger partial charge in [-0.3, -0.25) is 9.59 Å². The zero-order chi connectivity index (χ0) is 38.1. The molecule has 0 fully saturated rings. The number of fused-ring (bicyclic) bond motifs is 2. The number of imidazole rings is 2. The Kier molecular flexibility index (Phi) is 9.46. The summed E-state index contributed by atoms with van der Waals surface area (Å²) in [6, 6.07) is 38.8. The van der Waals surface area contributed by atoms with E-state index in [1.54, 1.807) is 12.1 Å². The number of aromatic nitrogens is 6. The number of nitrogens with zero attached hydrogens (tertiary/aromatic N) is 6. The Balaban J connectivity index is 0.896. The van der Waals surface area contributed by atoms with Gasteiger partial charge in [0.05, 0.1) is 22.1 Å². The lowest BCUT2D eigenvalue weighted by atomic mass is 10.0. The van der Waals surface area contributed by atoms with Crippen LogP contribution in [0.2, 0.25) is 0 Å². The molecule has 10 heteroatoms. The van der Waals surface area contributed by atoms with E-state index in [4.69, 9.17) is 9.97 Å². The number of anilines is 2. The maximum Gasteiger partial charge on any atom is 0.274 e. The molecule has 10 nitrogen and oxygen atoms in total. The second-order valence-corrected chi connectivity index (χ2v) is 13.6. The van der Waals surface area contributed by atoms with Crippen LogP contribution in [0.15, 0.2) is 121 Å². The molecular formula is C45H40N8O2. The predicted octanol–water partition coefficient (Wildman–Crippen LogP) is 9.26. The van der Waals surface area contributed by atoms with E-state index < -0.39 is 0 Å². The molecular weight excluding hydrogens is 685 g/mol. The predicted molar refractivity (Wildman–Crippen MR) is 218 cm³/mol. The van der Waals surface area contributed by atoms with E-state index in [0.29, 0.717) is 40.6 Å². The van der Waals surface area contributed by atoms with Crippen LogP contribution >= 0.6 is 0 Å². The molecule has 0 atom stereocenters. The van der Waals surface area contributed by atoms with Crippen molar-refractivity contribution >= 4 is 45.3 Å². The molecule has 8 aromatic rings. The molecule has 4 aromatic heterocycles. The number of rotatable bonds is 10. The normalized spacial score (nSPS) is 11.3. The van der Waals surface area contributed by atoms with Gasteiger partial charge in [0.15, 0.2) is 11.6 Å². The molecule has 8 rings (SSSR count). The van der Waals surface area contributed by atoms with Gasteiger partial charge in [-0.25, -0.2) is 19.9 Å². The Bertz CT molecular complexity index is 2520. The van der Waals surface area contributed by atoms with Crippen LogP contribution in [-0.4, -0.2) is 40.9 Å². The Hall–Kier alpha value is -6.94. The Morgan fingerprint density at radius 2 is 0.945 bits per heavy atom. The lowest BCUT2D eigenvalue weighted by molar-refractivity contribution is 0.101. The topological polar surface area (TPSA) is 120 Å². The molecule has 0 unspecified atom stereocenters. The summed E-state index contributed by atoms with van der Waals surface area (Å²) in [4.78, 5) is 45.6. The van der Waals surface area contributed by atoms with Crippen molar-refractivity contribution < 1.29 is 9.59 Å². The van der Waals surface area contributed by atoms with Gasteiger partial charge >= 0.3 is 0 Å². The van der Waals surface area contributed by atoms with Gasteiger partial charge in [0.25, 0.3) is 11.8 Å². The van der Waals surface area contributed by atoms with Gasteiger partial charge in [0.2, 0.25) is 0 Å². The second kappa shape index (κ2) is 14.8. The van der Waals surface area contributed by atoms with Crippen LogP contribution in [0.4, 0.5) is 11.4 Å². The van der Waals surface area contributed by atoms with Crippen molar-refractivity contribution in [3.05, 3.63) is 155 Å². The molecule has 4 aromatic carbocycles. The highest BCUT2D eigenvalue weighted by Crippen LogP contribution is 2.27. The molecule has 55 heavy (non-hydrogen) atoms. The maximum absolute atomic E-state index is 13.3. The third-order valence-electron chi connectivity index (χ3n) is 9.69. The molecule has 4 heterocycles. The van der Waals surface area contributed by atoms with Crippen molar-refractivity contribution in [2.45, 2.75) is 47.2 Å². The monoisotopic (exact) mass is 724 g/mol. The molecule has 0 aliphatic carbocycles. The SMILES string of the molecule is CCn1c(-c2cccc(C(=O)Nc3ccc(Cc4ccc(NC(=O)c5cccc(-c6nc7cc(C)ccc7n6CC)n5)cc4)cc3)n2)nc2cc(C)ccc21. The van der Waals surface area contributed by atoms with Gasteiger partial charge in [-0.2, -0.15) is 0 Å². The Morgan fingerprint density at radius 1 is 0.527 bits per heavy atom. The van der Waals surface area contributed by atoms with E-state index >= 15 is 0 Å². The minimum atomic E-state index is -0.292. The molecule has 0 bridgehead atoms. The highest BCUT2D eigenvalue weighted by Gasteiger charge is 2.17. The third kappa shape index (κ3) is 7.22. The Labute approximate surface area is 319 Å². The standard InChI is InChI=1S/C45H40N8O2/c1-5-52-40-23-13-28(3)25-38(40)50-42(52)34-9-7-11-36(48-34)44(54)46-32-19-15-30(16-20-32)27-31-17-21-33(22-18-31)47-45(55)37-12-8-10-35(49-37)43-51-39-26-29(4)14-24-41(39)53(43)6-2/h7-26H,5-6,27H2,1-4H3,(H,46,54)(H,47,55). The third-order valence-corrected chi connectivity index (χ3v) is 9.69. The molecule has 2 N–H and O–H groups in total. The fourth-order valence-electron chi connectivity index (χ4n) is 6.92. The van der Waals surface area contributed by atoms with Crippen LogP contribution in [0.3, 0.4) is 0 Å². The van der Waals surface area contributed by atoms with Crippen LogP contribution in [0.25, 0.3) is 45.1 Å². The first kappa shape index (κ1) is 35.1. The summed E-state index contributed by atoms with van der Waals surface area (Å²) in [5.74, 6) is 0.889. The molecule has 2 amide bonds. The lowest BCUT2D eigenvalue weighted by Crippen LogP contribution is -2.14. The first-order chi connectivity index (χ1) is 26.8. The fourth-order valence-corrected chi connectivity index (χ4v) is 6.92. The van der Waals surface area contributed by atoms with Gasteiger partial charge in [-0.1, -0.05) is 48.5 Å². The van der Waals surface area contributed by atoms with Crippen LogP contribution in [0.1, 0.15) is 57.1 Å². The van der Waals surface area contributed by atoms with E-state index in [2.05, 4.69) is 80.0 Å². The quantitative estimate of drug-likeness (QED) is 0.145. The first-order valence-corrected chi connectivity index (χ1v) is 18.5.